The van der Waals surface area contributed by atoms with Crippen molar-refractivity contribution in [3.8, 4) is 11.5 Å². The van der Waals surface area contributed by atoms with Crippen LogP contribution >= 0.6 is 34.5 Å². The Morgan fingerprint density at radius 1 is 1.14 bits per heavy atom. The standard InChI is InChI=1S/C13H15Cl2NO4S2/c1-8-9-6-10(19-4-2-14)11(20-5-3-15)7-12(9)21-13(8)22(16,17)18/h6-7H,2-5H2,1H3,(H2,16,17,18). The number of sulfonamides is 1. The number of hydrogen-bond donors (Lipinski definition) is 1. The number of thiophene rings is 1. The van der Waals surface area contributed by atoms with Gasteiger partial charge in [0.2, 0.25) is 10.0 Å². The molecular formula is C13H15Cl2NO4S2. The Morgan fingerprint density at radius 3 is 2.18 bits per heavy atom. The molecule has 0 spiro atoms. The van der Waals surface area contributed by atoms with Gasteiger partial charge < -0.3 is 9.47 Å². The zero-order valence-electron chi connectivity index (χ0n) is 11.8. The van der Waals surface area contributed by atoms with Gasteiger partial charge in [-0.15, -0.1) is 34.5 Å². The fraction of sp³-hybridized carbons (Fsp3) is 0.385. The van der Waals surface area contributed by atoms with Gasteiger partial charge in [0.05, 0.1) is 11.8 Å². The average Bonchev–Trinajstić information content (AvgIpc) is 2.79. The third kappa shape index (κ3) is 3.78. The van der Waals surface area contributed by atoms with E-state index in [0.717, 1.165) is 21.4 Å². The molecule has 0 saturated heterocycles. The van der Waals surface area contributed by atoms with E-state index in [4.69, 9.17) is 37.8 Å². The smallest absolute Gasteiger partial charge is 0.247 e. The molecule has 2 aromatic rings. The second-order valence-electron chi connectivity index (χ2n) is 4.43. The number of ether oxygens (including phenoxy) is 2. The molecule has 0 aliphatic rings. The predicted octanol–water partition coefficient (Wildman–Crippen LogP) is 3.09. The van der Waals surface area contributed by atoms with Gasteiger partial charge in [-0.3, -0.25) is 0 Å². The number of rotatable bonds is 7. The van der Waals surface area contributed by atoms with Crippen molar-refractivity contribution in [3.63, 3.8) is 0 Å². The summed E-state index contributed by atoms with van der Waals surface area (Å²) in [4.78, 5) is 0. The molecular weight excluding hydrogens is 369 g/mol. The Morgan fingerprint density at radius 2 is 1.68 bits per heavy atom. The third-order valence-corrected chi connectivity index (χ3v) is 6.01. The molecule has 0 bridgehead atoms. The van der Waals surface area contributed by atoms with Crippen LogP contribution in [0, 0.1) is 6.92 Å². The van der Waals surface area contributed by atoms with Crippen LogP contribution in [0.4, 0.5) is 0 Å². The maximum absolute atomic E-state index is 11.6. The van der Waals surface area contributed by atoms with Crippen LogP contribution < -0.4 is 14.6 Å². The first-order chi connectivity index (χ1) is 10.4. The highest BCUT2D eigenvalue weighted by Crippen LogP contribution is 2.40. The molecule has 2 rings (SSSR count). The van der Waals surface area contributed by atoms with Crippen molar-refractivity contribution in [1.29, 1.82) is 0 Å². The molecule has 0 amide bonds. The lowest BCUT2D eigenvalue weighted by atomic mass is 10.2. The molecule has 122 valence electrons. The van der Waals surface area contributed by atoms with E-state index in [1.807, 2.05) is 0 Å². The van der Waals surface area contributed by atoms with Crippen LogP contribution in [-0.2, 0) is 10.0 Å². The van der Waals surface area contributed by atoms with Crippen molar-refractivity contribution in [2.45, 2.75) is 11.1 Å². The number of halogens is 2. The van der Waals surface area contributed by atoms with Crippen molar-refractivity contribution >= 4 is 54.6 Å². The normalized spacial score (nSPS) is 11.8. The Hall–Kier alpha value is -0.730. The van der Waals surface area contributed by atoms with Gasteiger partial charge in [-0.25, -0.2) is 13.6 Å². The van der Waals surface area contributed by atoms with Gasteiger partial charge in [-0.2, -0.15) is 0 Å². The molecule has 22 heavy (non-hydrogen) atoms. The molecule has 0 fully saturated rings. The minimum Gasteiger partial charge on any atom is -0.488 e. The first kappa shape index (κ1) is 17.6. The minimum absolute atomic E-state index is 0.139. The van der Waals surface area contributed by atoms with E-state index in [1.54, 1.807) is 19.1 Å². The van der Waals surface area contributed by atoms with Gasteiger partial charge in [0.15, 0.2) is 11.5 Å². The van der Waals surface area contributed by atoms with Crippen LogP contribution in [0.1, 0.15) is 5.56 Å². The van der Waals surface area contributed by atoms with Gasteiger partial charge in [-0.1, -0.05) is 0 Å². The lowest BCUT2D eigenvalue weighted by molar-refractivity contribution is 0.291. The Balaban J connectivity index is 2.57. The molecule has 9 heteroatoms. The predicted molar refractivity (Wildman–Crippen MR) is 90.4 cm³/mol. The van der Waals surface area contributed by atoms with Crippen molar-refractivity contribution < 1.29 is 17.9 Å². The fourth-order valence-electron chi connectivity index (χ4n) is 2.00. The minimum atomic E-state index is -3.76. The summed E-state index contributed by atoms with van der Waals surface area (Å²) in [5.41, 5.74) is 0.599. The van der Waals surface area contributed by atoms with Crippen LogP contribution in [0.15, 0.2) is 16.3 Å². The SMILES string of the molecule is Cc1c(S(N)(=O)=O)sc2cc(OCCCl)c(OCCCl)cc12. The Labute approximate surface area is 143 Å². The van der Waals surface area contributed by atoms with E-state index < -0.39 is 10.0 Å². The van der Waals surface area contributed by atoms with Crippen LogP contribution in [0.2, 0.25) is 0 Å². The molecule has 1 aromatic carbocycles. The molecule has 1 heterocycles. The zero-order valence-corrected chi connectivity index (χ0v) is 14.9. The number of hydrogen-bond acceptors (Lipinski definition) is 5. The van der Waals surface area contributed by atoms with Crippen molar-refractivity contribution in [3.05, 3.63) is 17.7 Å². The second kappa shape index (κ2) is 7.23. The lowest BCUT2D eigenvalue weighted by Gasteiger charge is -2.12. The summed E-state index contributed by atoms with van der Waals surface area (Å²) in [6.07, 6.45) is 0. The topological polar surface area (TPSA) is 78.6 Å². The Kier molecular flexibility index (Phi) is 5.79. The van der Waals surface area contributed by atoms with Crippen molar-refractivity contribution in [2.75, 3.05) is 25.0 Å². The molecule has 0 aliphatic heterocycles. The summed E-state index contributed by atoms with van der Waals surface area (Å²) < 4.78 is 35.3. The highest BCUT2D eigenvalue weighted by molar-refractivity contribution is 7.91. The summed E-state index contributed by atoms with van der Waals surface area (Å²) in [6.45, 7) is 2.34. The maximum atomic E-state index is 11.6. The summed E-state index contributed by atoms with van der Waals surface area (Å²) in [5.74, 6) is 1.66. The molecule has 0 radical (unpaired) electrons. The van der Waals surface area contributed by atoms with Gasteiger partial charge in [0, 0.05) is 16.2 Å². The van der Waals surface area contributed by atoms with Crippen molar-refractivity contribution in [2.24, 2.45) is 5.14 Å². The summed E-state index contributed by atoms with van der Waals surface area (Å²) in [6, 6.07) is 3.48. The monoisotopic (exact) mass is 383 g/mol. The van der Waals surface area contributed by atoms with Gasteiger partial charge >= 0.3 is 0 Å². The number of alkyl halides is 2. The van der Waals surface area contributed by atoms with E-state index in [9.17, 15) is 8.42 Å². The number of benzene rings is 1. The quantitative estimate of drug-likeness (QED) is 0.744. The van der Waals surface area contributed by atoms with E-state index in [0.29, 0.717) is 42.0 Å². The largest absolute Gasteiger partial charge is 0.488 e. The molecule has 2 N–H and O–H groups in total. The summed E-state index contributed by atoms with van der Waals surface area (Å²) >= 11 is 12.4. The average molecular weight is 384 g/mol. The molecule has 0 atom stereocenters. The number of nitrogens with two attached hydrogens (primary N) is 1. The van der Waals surface area contributed by atoms with Crippen LogP contribution in [0.25, 0.3) is 10.1 Å². The molecule has 0 unspecified atom stereocenters. The van der Waals surface area contributed by atoms with E-state index in [2.05, 4.69) is 0 Å². The van der Waals surface area contributed by atoms with Crippen LogP contribution in [0.3, 0.4) is 0 Å². The van der Waals surface area contributed by atoms with Gasteiger partial charge in [-0.05, 0) is 18.6 Å². The van der Waals surface area contributed by atoms with Gasteiger partial charge in [0.1, 0.15) is 17.4 Å². The van der Waals surface area contributed by atoms with Crippen molar-refractivity contribution in [1.82, 2.24) is 0 Å². The first-order valence-electron chi connectivity index (χ1n) is 6.36. The van der Waals surface area contributed by atoms with E-state index in [1.165, 1.54) is 0 Å². The number of primary sulfonamides is 1. The number of aryl methyl sites for hydroxylation is 1. The Bertz CT molecular complexity index is 774. The molecule has 1 aromatic heterocycles. The third-order valence-electron chi connectivity index (χ3n) is 2.89. The number of fused-ring (bicyclic) bond motifs is 1. The molecule has 0 aliphatic carbocycles. The second-order valence-corrected chi connectivity index (χ2v) is 7.99. The maximum Gasteiger partial charge on any atom is 0.247 e. The molecule has 5 nitrogen and oxygen atoms in total. The lowest BCUT2D eigenvalue weighted by Crippen LogP contribution is -2.11. The first-order valence-corrected chi connectivity index (χ1v) is 9.79. The van der Waals surface area contributed by atoms with Crippen LogP contribution in [-0.4, -0.2) is 33.4 Å². The molecule has 0 saturated carbocycles. The van der Waals surface area contributed by atoms with E-state index >= 15 is 0 Å². The highest BCUT2D eigenvalue weighted by atomic mass is 35.5. The fourth-order valence-corrected chi connectivity index (χ4v) is 4.38. The van der Waals surface area contributed by atoms with Gasteiger partial charge in [0.25, 0.3) is 0 Å². The zero-order chi connectivity index (χ0) is 16.3. The summed E-state index contributed by atoms with van der Waals surface area (Å²) in [5, 5.41) is 6.00. The van der Waals surface area contributed by atoms with Crippen LogP contribution in [0.5, 0.6) is 11.5 Å². The van der Waals surface area contributed by atoms with E-state index in [-0.39, 0.29) is 4.21 Å². The summed E-state index contributed by atoms with van der Waals surface area (Å²) in [7, 11) is -3.76. The highest BCUT2D eigenvalue weighted by Gasteiger charge is 2.20.